The fourth-order valence-corrected chi connectivity index (χ4v) is 3.42. The Bertz CT molecular complexity index is 445. The Balaban J connectivity index is 2.74. The molecule has 3 atom stereocenters. The predicted octanol–water partition coefficient (Wildman–Crippen LogP) is 3.78. The number of hydrogen-bond donors (Lipinski definition) is 1. The molecule has 3 unspecified atom stereocenters. The highest BCUT2D eigenvalue weighted by Crippen LogP contribution is 2.24. The zero-order valence-electron chi connectivity index (χ0n) is 13.6. The van der Waals surface area contributed by atoms with Crippen molar-refractivity contribution >= 4 is 10.8 Å². The van der Waals surface area contributed by atoms with E-state index in [1.165, 1.54) is 5.56 Å². The van der Waals surface area contributed by atoms with Gasteiger partial charge in [0, 0.05) is 27.8 Å². The monoisotopic (exact) mass is 295 g/mol. The van der Waals surface area contributed by atoms with E-state index in [1.54, 1.807) is 0 Å². The maximum atomic E-state index is 12.2. The fraction of sp³-hybridized carbons (Fsp3) is 0.647. The van der Waals surface area contributed by atoms with Gasteiger partial charge < -0.3 is 5.73 Å². The van der Waals surface area contributed by atoms with Crippen molar-refractivity contribution in [3.63, 3.8) is 0 Å². The molecule has 1 aromatic rings. The second kappa shape index (κ2) is 6.86. The van der Waals surface area contributed by atoms with Gasteiger partial charge in [-0.1, -0.05) is 65.8 Å². The molecule has 2 nitrogen and oxygen atoms in total. The first-order valence-electron chi connectivity index (χ1n) is 7.36. The number of nitrogens with two attached hydrogens (primary N) is 1. The zero-order valence-corrected chi connectivity index (χ0v) is 14.5. The van der Waals surface area contributed by atoms with Crippen LogP contribution in [0.3, 0.4) is 0 Å². The molecule has 0 amide bonds. The summed E-state index contributed by atoms with van der Waals surface area (Å²) in [7, 11) is -0.873. The van der Waals surface area contributed by atoms with Crippen LogP contribution in [0.5, 0.6) is 0 Å². The summed E-state index contributed by atoms with van der Waals surface area (Å²) in [5, 5.41) is 0.190. The minimum atomic E-state index is -0.873. The molecule has 0 saturated carbocycles. The zero-order chi connectivity index (χ0) is 15.5. The van der Waals surface area contributed by atoms with Crippen LogP contribution in [0.1, 0.15) is 58.7 Å². The molecule has 20 heavy (non-hydrogen) atoms. The van der Waals surface area contributed by atoms with Crippen LogP contribution in [0, 0.1) is 5.92 Å². The van der Waals surface area contributed by atoms with Crippen molar-refractivity contribution in [1.29, 1.82) is 0 Å². The molecule has 1 rings (SSSR count). The molecule has 0 aliphatic rings. The largest absolute Gasteiger partial charge is 0.323 e. The minimum absolute atomic E-state index is 0.147. The van der Waals surface area contributed by atoms with E-state index >= 15 is 0 Å². The van der Waals surface area contributed by atoms with Gasteiger partial charge in [-0.15, -0.1) is 0 Å². The number of benzene rings is 1. The summed E-state index contributed by atoms with van der Waals surface area (Å²) in [4.78, 5) is 0. The fourth-order valence-electron chi connectivity index (χ4n) is 1.96. The van der Waals surface area contributed by atoms with Crippen LogP contribution >= 0.6 is 0 Å². The van der Waals surface area contributed by atoms with Crippen molar-refractivity contribution in [2.75, 3.05) is 5.75 Å². The van der Waals surface area contributed by atoms with E-state index in [2.05, 4.69) is 58.9 Å². The second-order valence-electron chi connectivity index (χ2n) is 6.98. The normalized spacial score (nSPS) is 17.0. The van der Waals surface area contributed by atoms with Crippen molar-refractivity contribution in [1.82, 2.24) is 0 Å². The molecule has 0 aliphatic heterocycles. The van der Waals surface area contributed by atoms with Gasteiger partial charge in [0.2, 0.25) is 0 Å². The van der Waals surface area contributed by atoms with Crippen LogP contribution < -0.4 is 5.73 Å². The summed E-state index contributed by atoms with van der Waals surface area (Å²) in [6.45, 7) is 12.8. The third kappa shape index (κ3) is 4.71. The van der Waals surface area contributed by atoms with Crippen molar-refractivity contribution in [3.8, 4) is 0 Å². The number of rotatable bonds is 5. The third-order valence-corrected chi connectivity index (χ3v) is 5.96. The Labute approximate surface area is 126 Å². The highest BCUT2D eigenvalue weighted by molar-refractivity contribution is 7.85. The SMILES string of the molecule is CC(C)C(C)S(=O)CC(N)c1ccc(C(C)(C)C)cc1. The molecule has 3 heteroatoms. The summed E-state index contributed by atoms with van der Waals surface area (Å²) in [5.74, 6) is 0.958. The third-order valence-electron chi connectivity index (χ3n) is 3.90. The van der Waals surface area contributed by atoms with E-state index < -0.39 is 10.8 Å². The molecule has 0 fully saturated rings. The van der Waals surface area contributed by atoms with Crippen LogP contribution in [-0.2, 0) is 16.2 Å². The summed E-state index contributed by atoms with van der Waals surface area (Å²) in [6.07, 6.45) is 0. The van der Waals surface area contributed by atoms with E-state index in [9.17, 15) is 4.21 Å². The van der Waals surface area contributed by atoms with Gasteiger partial charge in [0.15, 0.2) is 0 Å². The topological polar surface area (TPSA) is 43.1 Å². The van der Waals surface area contributed by atoms with E-state index in [0.29, 0.717) is 11.7 Å². The lowest BCUT2D eigenvalue weighted by Crippen LogP contribution is -2.26. The second-order valence-corrected chi connectivity index (χ2v) is 8.81. The molecular formula is C17H29NOS. The van der Waals surface area contributed by atoms with E-state index in [-0.39, 0.29) is 16.7 Å². The Hall–Kier alpha value is -0.670. The van der Waals surface area contributed by atoms with Gasteiger partial charge in [0.05, 0.1) is 0 Å². The molecule has 0 saturated heterocycles. The molecule has 0 radical (unpaired) electrons. The Morgan fingerprint density at radius 3 is 2.00 bits per heavy atom. The van der Waals surface area contributed by atoms with E-state index in [4.69, 9.17) is 5.73 Å². The summed E-state index contributed by atoms with van der Waals surface area (Å²) in [5.41, 5.74) is 8.72. The first-order chi connectivity index (χ1) is 9.12. The standard InChI is InChI=1S/C17H29NOS/c1-12(2)13(3)20(19)11-16(18)14-7-9-15(10-8-14)17(4,5)6/h7-10,12-13,16H,11,18H2,1-6H3. The van der Waals surface area contributed by atoms with Gasteiger partial charge in [0.1, 0.15) is 0 Å². The summed E-state index contributed by atoms with van der Waals surface area (Å²) >= 11 is 0. The first kappa shape index (κ1) is 17.4. The van der Waals surface area contributed by atoms with Crippen molar-refractivity contribution < 1.29 is 4.21 Å². The van der Waals surface area contributed by atoms with Crippen molar-refractivity contribution in [3.05, 3.63) is 35.4 Å². The molecule has 0 heterocycles. The molecule has 0 aliphatic carbocycles. The van der Waals surface area contributed by atoms with Gasteiger partial charge in [-0.25, -0.2) is 0 Å². The van der Waals surface area contributed by atoms with Gasteiger partial charge in [-0.3, -0.25) is 4.21 Å². The lowest BCUT2D eigenvalue weighted by Gasteiger charge is -2.21. The maximum absolute atomic E-state index is 12.2. The van der Waals surface area contributed by atoms with Crippen LogP contribution in [0.15, 0.2) is 24.3 Å². The molecule has 1 aromatic carbocycles. The molecule has 114 valence electrons. The lowest BCUT2D eigenvalue weighted by atomic mass is 9.86. The summed E-state index contributed by atoms with van der Waals surface area (Å²) < 4.78 is 12.2. The highest BCUT2D eigenvalue weighted by Gasteiger charge is 2.19. The molecule has 0 spiro atoms. The average molecular weight is 295 g/mol. The van der Waals surface area contributed by atoms with Gasteiger partial charge in [0.25, 0.3) is 0 Å². The number of hydrogen-bond acceptors (Lipinski definition) is 2. The van der Waals surface area contributed by atoms with Crippen LogP contribution in [-0.4, -0.2) is 15.2 Å². The van der Waals surface area contributed by atoms with E-state index in [1.807, 2.05) is 6.92 Å². The van der Waals surface area contributed by atoms with Crippen LogP contribution in [0.25, 0.3) is 0 Å². The molecule has 0 bridgehead atoms. The molecule has 2 N–H and O–H groups in total. The minimum Gasteiger partial charge on any atom is -0.323 e. The Morgan fingerprint density at radius 2 is 1.60 bits per heavy atom. The predicted molar refractivity (Wildman–Crippen MR) is 89.4 cm³/mol. The molecular weight excluding hydrogens is 266 g/mol. The maximum Gasteiger partial charge on any atom is 0.0431 e. The van der Waals surface area contributed by atoms with Gasteiger partial charge >= 0.3 is 0 Å². The molecule has 0 aromatic heterocycles. The highest BCUT2D eigenvalue weighted by atomic mass is 32.2. The lowest BCUT2D eigenvalue weighted by molar-refractivity contribution is 0.589. The Kier molecular flexibility index (Phi) is 5.96. The van der Waals surface area contributed by atoms with Crippen LogP contribution in [0.4, 0.5) is 0 Å². The smallest absolute Gasteiger partial charge is 0.0431 e. The van der Waals surface area contributed by atoms with Crippen molar-refractivity contribution in [2.45, 2.75) is 58.2 Å². The summed E-state index contributed by atoms with van der Waals surface area (Å²) in [6, 6.07) is 8.25. The average Bonchev–Trinajstić information content (AvgIpc) is 2.36. The quantitative estimate of drug-likeness (QED) is 0.898. The van der Waals surface area contributed by atoms with Gasteiger partial charge in [-0.05, 0) is 22.5 Å². The van der Waals surface area contributed by atoms with E-state index in [0.717, 1.165) is 5.56 Å². The Morgan fingerprint density at radius 1 is 1.10 bits per heavy atom. The van der Waals surface area contributed by atoms with Crippen LogP contribution in [0.2, 0.25) is 0 Å². The first-order valence-corrected chi connectivity index (χ1v) is 8.74. The van der Waals surface area contributed by atoms with Gasteiger partial charge in [-0.2, -0.15) is 0 Å². The van der Waals surface area contributed by atoms with Crippen molar-refractivity contribution in [2.24, 2.45) is 11.7 Å².